The third-order valence-corrected chi connectivity index (χ3v) is 4.30. The van der Waals surface area contributed by atoms with Crippen molar-refractivity contribution in [2.75, 3.05) is 32.8 Å². The third kappa shape index (κ3) is 3.91. The second-order valence-electron chi connectivity index (χ2n) is 5.86. The molecule has 2 N–H and O–H groups in total. The Bertz CT molecular complexity index is 295. The van der Waals surface area contributed by atoms with Gasteiger partial charge in [-0.15, -0.1) is 0 Å². The van der Waals surface area contributed by atoms with E-state index in [1.165, 1.54) is 12.8 Å². The van der Waals surface area contributed by atoms with Crippen molar-refractivity contribution < 1.29 is 14.6 Å². The quantitative estimate of drug-likeness (QED) is 0.764. The molecule has 19 heavy (non-hydrogen) atoms. The third-order valence-electron chi connectivity index (χ3n) is 4.30. The molecular formula is C14H26N2O3. The minimum Gasteiger partial charge on any atom is -0.392 e. The molecule has 2 rings (SSSR count). The predicted molar refractivity (Wildman–Crippen MR) is 72.9 cm³/mol. The van der Waals surface area contributed by atoms with Crippen LogP contribution in [0, 0.1) is 0 Å². The number of nitrogens with one attached hydrogen (secondary N) is 1. The number of hydrogen-bond acceptors (Lipinski definition) is 4. The molecule has 1 aliphatic carbocycles. The summed E-state index contributed by atoms with van der Waals surface area (Å²) in [5.74, 6) is 0.0642. The van der Waals surface area contributed by atoms with Crippen LogP contribution in [0.1, 0.15) is 39.0 Å². The SMILES string of the molecule is CC(O)CNC(=O)CC1(N2CCOCC2)CCCC1. The van der Waals surface area contributed by atoms with E-state index in [-0.39, 0.29) is 11.4 Å². The summed E-state index contributed by atoms with van der Waals surface area (Å²) in [4.78, 5) is 14.5. The smallest absolute Gasteiger partial charge is 0.221 e. The van der Waals surface area contributed by atoms with E-state index in [1.807, 2.05) is 0 Å². The van der Waals surface area contributed by atoms with Crippen LogP contribution >= 0.6 is 0 Å². The maximum Gasteiger partial charge on any atom is 0.221 e. The van der Waals surface area contributed by atoms with Crippen LogP contribution in [0.2, 0.25) is 0 Å². The highest BCUT2D eigenvalue weighted by molar-refractivity contribution is 5.77. The molecule has 2 fully saturated rings. The van der Waals surface area contributed by atoms with Crippen LogP contribution in [0.4, 0.5) is 0 Å². The van der Waals surface area contributed by atoms with Gasteiger partial charge in [-0.05, 0) is 19.8 Å². The lowest BCUT2D eigenvalue weighted by Crippen LogP contribution is -2.54. The van der Waals surface area contributed by atoms with E-state index in [9.17, 15) is 9.90 Å². The predicted octanol–water partition coefficient (Wildman–Crippen LogP) is 0.518. The highest BCUT2D eigenvalue weighted by Crippen LogP contribution is 2.38. The van der Waals surface area contributed by atoms with Gasteiger partial charge in [0.15, 0.2) is 0 Å². The first-order valence-electron chi connectivity index (χ1n) is 7.40. The number of carbonyl (C=O) groups is 1. The monoisotopic (exact) mass is 270 g/mol. The Morgan fingerprint density at radius 2 is 2.00 bits per heavy atom. The molecule has 0 aromatic rings. The lowest BCUT2D eigenvalue weighted by molar-refractivity contribution is -0.125. The molecular weight excluding hydrogens is 244 g/mol. The number of aliphatic hydroxyl groups excluding tert-OH is 1. The molecule has 1 aliphatic heterocycles. The molecule has 0 radical (unpaired) electrons. The van der Waals surface area contributed by atoms with Crippen LogP contribution in [0.3, 0.4) is 0 Å². The number of ether oxygens (including phenoxy) is 1. The lowest BCUT2D eigenvalue weighted by Gasteiger charge is -2.43. The van der Waals surface area contributed by atoms with Crippen LogP contribution in [-0.4, -0.2) is 60.4 Å². The summed E-state index contributed by atoms with van der Waals surface area (Å²) in [6.45, 7) is 5.45. The zero-order valence-electron chi connectivity index (χ0n) is 11.9. The molecule has 1 amide bonds. The van der Waals surface area contributed by atoms with E-state index < -0.39 is 6.10 Å². The van der Waals surface area contributed by atoms with E-state index in [0.29, 0.717) is 13.0 Å². The fraction of sp³-hybridized carbons (Fsp3) is 0.929. The van der Waals surface area contributed by atoms with Gasteiger partial charge >= 0.3 is 0 Å². The summed E-state index contributed by atoms with van der Waals surface area (Å²) in [6.07, 6.45) is 4.71. The maximum absolute atomic E-state index is 12.1. The van der Waals surface area contributed by atoms with Gasteiger partial charge in [0.25, 0.3) is 0 Å². The largest absolute Gasteiger partial charge is 0.392 e. The highest BCUT2D eigenvalue weighted by Gasteiger charge is 2.41. The molecule has 0 spiro atoms. The van der Waals surface area contributed by atoms with Crippen molar-refractivity contribution in [2.24, 2.45) is 0 Å². The standard InChI is InChI=1S/C14H26N2O3/c1-12(17)11-15-13(18)10-14(4-2-3-5-14)16-6-8-19-9-7-16/h12,17H,2-11H2,1H3,(H,15,18). The minimum atomic E-state index is -0.480. The second-order valence-corrected chi connectivity index (χ2v) is 5.86. The van der Waals surface area contributed by atoms with Crippen LogP contribution < -0.4 is 5.32 Å². The summed E-state index contributed by atoms with van der Waals surface area (Å²) in [6, 6.07) is 0. The molecule has 0 bridgehead atoms. The first-order chi connectivity index (χ1) is 9.12. The fourth-order valence-corrected chi connectivity index (χ4v) is 3.30. The molecule has 1 atom stereocenters. The number of amides is 1. The van der Waals surface area contributed by atoms with Crippen molar-refractivity contribution >= 4 is 5.91 Å². The number of morpholine rings is 1. The van der Waals surface area contributed by atoms with E-state index in [4.69, 9.17) is 4.74 Å². The lowest BCUT2D eigenvalue weighted by atomic mass is 9.90. The Balaban J connectivity index is 1.93. The first kappa shape index (κ1) is 14.8. The van der Waals surface area contributed by atoms with Crippen molar-refractivity contribution in [2.45, 2.75) is 50.7 Å². The molecule has 1 saturated heterocycles. The zero-order chi connectivity index (χ0) is 13.7. The van der Waals surface area contributed by atoms with Crippen molar-refractivity contribution in [1.82, 2.24) is 10.2 Å². The van der Waals surface area contributed by atoms with Crippen LogP contribution in [0.5, 0.6) is 0 Å². The number of aliphatic hydroxyl groups is 1. The van der Waals surface area contributed by atoms with Crippen LogP contribution in [0.15, 0.2) is 0 Å². The summed E-state index contributed by atoms with van der Waals surface area (Å²) >= 11 is 0. The summed E-state index contributed by atoms with van der Waals surface area (Å²) in [5, 5.41) is 12.1. The number of hydrogen-bond donors (Lipinski definition) is 2. The van der Waals surface area contributed by atoms with Crippen LogP contribution in [-0.2, 0) is 9.53 Å². The molecule has 2 aliphatic rings. The molecule has 1 saturated carbocycles. The van der Waals surface area contributed by atoms with E-state index in [2.05, 4.69) is 10.2 Å². The van der Waals surface area contributed by atoms with Crippen molar-refractivity contribution in [3.63, 3.8) is 0 Å². The highest BCUT2D eigenvalue weighted by atomic mass is 16.5. The van der Waals surface area contributed by atoms with Gasteiger partial charge in [0, 0.05) is 31.6 Å². The minimum absolute atomic E-state index is 0.0343. The Morgan fingerprint density at radius 1 is 1.37 bits per heavy atom. The zero-order valence-corrected chi connectivity index (χ0v) is 11.9. The molecule has 0 aromatic heterocycles. The van der Waals surface area contributed by atoms with Crippen molar-refractivity contribution in [3.8, 4) is 0 Å². The van der Waals surface area contributed by atoms with Gasteiger partial charge in [-0.3, -0.25) is 9.69 Å². The van der Waals surface area contributed by atoms with E-state index >= 15 is 0 Å². The average Bonchev–Trinajstić information content (AvgIpc) is 2.87. The first-order valence-corrected chi connectivity index (χ1v) is 7.40. The topological polar surface area (TPSA) is 61.8 Å². The van der Waals surface area contributed by atoms with Gasteiger partial charge in [0.1, 0.15) is 0 Å². The number of carbonyl (C=O) groups excluding carboxylic acids is 1. The normalized spacial score (nSPS) is 25.2. The van der Waals surface area contributed by atoms with E-state index in [1.54, 1.807) is 6.92 Å². The van der Waals surface area contributed by atoms with Gasteiger partial charge < -0.3 is 15.2 Å². The Hall–Kier alpha value is -0.650. The maximum atomic E-state index is 12.1. The van der Waals surface area contributed by atoms with Gasteiger partial charge in [-0.25, -0.2) is 0 Å². The van der Waals surface area contributed by atoms with Gasteiger partial charge in [0.05, 0.1) is 19.3 Å². The second kappa shape index (κ2) is 6.68. The van der Waals surface area contributed by atoms with Gasteiger partial charge in [0.2, 0.25) is 5.91 Å². The number of rotatable bonds is 5. The van der Waals surface area contributed by atoms with Gasteiger partial charge in [-0.2, -0.15) is 0 Å². The fourth-order valence-electron chi connectivity index (χ4n) is 3.30. The Morgan fingerprint density at radius 3 is 2.58 bits per heavy atom. The molecule has 1 heterocycles. The molecule has 1 unspecified atom stereocenters. The van der Waals surface area contributed by atoms with Crippen molar-refractivity contribution in [1.29, 1.82) is 0 Å². The molecule has 0 aromatic carbocycles. The summed E-state index contributed by atoms with van der Waals surface area (Å²) < 4.78 is 5.41. The average molecular weight is 270 g/mol. The molecule has 5 heteroatoms. The van der Waals surface area contributed by atoms with Gasteiger partial charge in [-0.1, -0.05) is 12.8 Å². The van der Waals surface area contributed by atoms with Crippen molar-refractivity contribution in [3.05, 3.63) is 0 Å². The Labute approximate surface area is 115 Å². The summed E-state index contributed by atoms with van der Waals surface area (Å²) in [7, 11) is 0. The van der Waals surface area contributed by atoms with E-state index in [0.717, 1.165) is 39.1 Å². The molecule has 110 valence electrons. The summed E-state index contributed by atoms with van der Waals surface area (Å²) in [5.41, 5.74) is 0.0343. The van der Waals surface area contributed by atoms with Crippen LogP contribution in [0.25, 0.3) is 0 Å². The number of nitrogens with zero attached hydrogens (tertiary/aromatic N) is 1. The molecule has 5 nitrogen and oxygen atoms in total. The Kier molecular flexibility index (Phi) is 5.19.